The van der Waals surface area contributed by atoms with E-state index in [9.17, 15) is 0 Å². The SMILES string of the molecule is COc1ccccc1-n1cc([C@H](C)Nc2nc(C)nc3c2CCNC3)cn1. The van der Waals surface area contributed by atoms with E-state index in [4.69, 9.17) is 4.74 Å². The molecule has 1 aliphatic heterocycles. The number of ether oxygens (including phenoxy) is 1. The van der Waals surface area contributed by atoms with E-state index in [1.54, 1.807) is 7.11 Å². The van der Waals surface area contributed by atoms with Crippen LogP contribution in [0.1, 0.15) is 35.6 Å². The lowest BCUT2D eigenvalue weighted by Gasteiger charge is -2.22. The largest absolute Gasteiger partial charge is 0.494 e. The lowest BCUT2D eigenvalue weighted by atomic mass is 10.1. The number of benzene rings is 1. The van der Waals surface area contributed by atoms with Crippen molar-refractivity contribution in [3.05, 3.63) is 59.3 Å². The van der Waals surface area contributed by atoms with Crippen molar-refractivity contribution in [1.29, 1.82) is 0 Å². The molecule has 2 N–H and O–H groups in total. The lowest BCUT2D eigenvalue weighted by Crippen LogP contribution is -2.27. The van der Waals surface area contributed by atoms with E-state index in [0.29, 0.717) is 0 Å². The maximum Gasteiger partial charge on any atom is 0.144 e. The number of fused-ring (bicyclic) bond motifs is 1. The van der Waals surface area contributed by atoms with Crippen LogP contribution in [0.25, 0.3) is 5.69 Å². The van der Waals surface area contributed by atoms with Crippen molar-refractivity contribution >= 4 is 5.82 Å². The zero-order chi connectivity index (χ0) is 18.8. The Morgan fingerprint density at radius 2 is 2.11 bits per heavy atom. The van der Waals surface area contributed by atoms with Gasteiger partial charge in [-0.15, -0.1) is 0 Å². The molecule has 0 spiro atoms. The molecule has 1 aromatic carbocycles. The molecule has 0 amide bonds. The second-order valence-electron chi connectivity index (χ2n) is 6.73. The zero-order valence-electron chi connectivity index (χ0n) is 15.9. The van der Waals surface area contributed by atoms with Crippen molar-refractivity contribution in [3.63, 3.8) is 0 Å². The van der Waals surface area contributed by atoms with Crippen molar-refractivity contribution in [2.45, 2.75) is 32.9 Å². The van der Waals surface area contributed by atoms with Gasteiger partial charge in [-0.3, -0.25) is 0 Å². The number of anilines is 1. The first-order valence-electron chi connectivity index (χ1n) is 9.17. The summed E-state index contributed by atoms with van der Waals surface area (Å²) in [5.74, 6) is 2.51. The van der Waals surface area contributed by atoms with Gasteiger partial charge in [0.2, 0.25) is 0 Å². The van der Waals surface area contributed by atoms with Gasteiger partial charge in [-0.1, -0.05) is 12.1 Å². The lowest BCUT2D eigenvalue weighted by molar-refractivity contribution is 0.411. The van der Waals surface area contributed by atoms with Crippen LogP contribution in [0.4, 0.5) is 5.82 Å². The van der Waals surface area contributed by atoms with Crippen molar-refractivity contribution < 1.29 is 4.74 Å². The number of rotatable bonds is 5. The smallest absolute Gasteiger partial charge is 0.144 e. The van der Waals surface area contributed by atoms with Gasteiger partial charge in [0.15, 0.2) is 0 Å². The van der Waals surface area contributed by atoms with Crippen LogP contribution in [-0.4, -0.2) is 33.4 Å². The van der Waals surface area contributed by atoms with Crippen LogP contribution in [0.5, 0.6) is 5.75 Å². The first-order chi connectivity index (χ1) is 13.2. The number of nitrogens with one attached hydrogen (secondary N) is 2. The molecule has 0 fully saturated rings. The highest BCUT2D eigenvalue weighted by atomic mass is 16.5. The summed E-state index contributed by atoms with van der Waals surface area (Å²) in [5.41, 5.74) is 4.30. The molecular weight excluding hydrogens is 340 g/mol. The van der Waals surface area contributed by atoms with E-state index in [1.165, 1.54) is 5.56 Å². The maximum atomic E-state index is 5.44. The average molecular weight is 364 g/mol. The van der Waals surface area contributed by atoms with Crippen molar-refractivity contribution in [1.82, 2.24) is 25.1 Å². The van der Waals surface area contributed by atoms with E-state index in [1.807, 2.05) is 48.3 Å². The molecule has 0 radical (unpaired) electrons. The Kier molecular flexibility index (Phi) is 4.77. The molecule has 7 nitrogen and oxygen atoms in total. The minimum Gasteiger partial charge on any atom is -0.494 e. The molecule has 0 aliphatic carbocycles. The van der Waals surface area contributed by atoms with Crippen LogP contribution >= 0.6 is 0 Å². The molecule has 140 valence electrons. The van der Waals surface area contributed by atoms with Gasteiger partial charge >= 0.3 is 0 Å². The first-order valence-corrected chi connectivity index (χ1v) is 9.17. The standard InChI is InChI=1S/C20H24N6O/c1-13(23-20-16-8-9-21-11-17(16)24-14(2)25-20)15-10-22-26(12-15)18-6-4-5-7-19(18)27-3/h4-7,10,12-13,21H,8-9,11H2,1-3H3,(H,23,24,25)/t13-/m0/s1. The van der Waals surface area contributed by atoms with Crippen LogP contribution in [0.15, 0.2) is 36.7 Å². The summed E-state index contributed by atoms with van der Waals surface area (Å²) in [7, 11) is 1.67. The normalized spacial score (nSPS) is 14.5. The highest BCUT2D eigenvalue weighted by Gasteiger charge is 2.19. The fourth-order valence-corrected chi connectivity index (χ4v) is 3.40. The Bertz CT molecular complexity index is 951. The van der Waals surface area contributed by atoms with Gasteiger partial charge in [-0.2, -0.15) is 5.10 Å². The summed E-state index contributed by atoms with van der Waals surface area (Å²) in [4.78, 5) is 9.22. The predicted octanol–water partition coefficient (Wildman–Crippen LogP) is 2.80. The molecule has 3 heterocycles. The van der Waals surface area contributed by atoms with Crippen molar-refractivity contribution in [2.75, 3.05) is 19.0 Å². The van der Waals surface area contributed by atoms with Gasteiger partial charge in [0.25, 0.3) is 0 Å². The highest BCUT2D eigenvalue weighted by molar-refractivity contribution is 5.50. The summed E-state index contributed by atoms with van der Waals surface area (Å²) in [5, 5.41) is 11.4. The van der Waals surface area contributed by atoms with E-state index in [-0.39, 0.29) is 6.04 Å². The second-order valence-corrected chi connectivity index (χ2v) is 6.73. The molecule has 1 atom stereocenters. The fraction of sp³-hybridized carbons (Fsp3) is 0.350. The molecule has 4 rings (SSSR count). The van der Waals surface area contributed by atoms with Gasteiger partial charge in [0.1, 0.15) is 23.1 Å². The number of aromatic nitrogens is 4. The highest BCUT2D eigenvalue weighted by Crippen LogP contribution is 2.26. The molecule has 0 saturated heterocycles. The van der Waals surface area contributed by atoms with Gasteiger partial charge in [0.05, 0.1) is 25.0 Å². The van der Waals surface area contributed by atoms with Crippen LogP contribution in [-0.2, 0) is 13.0 Å². The third-order valence-electron chi connectivity index (χ3n) is 4.84. The summed E-state index contributed by atoms with van der Waals surface area (Å²) < 4.78 is 7.29. The van der Waals surface area contributed by atoms with Crippen molar-refractivity contribution in [3.8, 4) is 11.4 Å². The minimum atomic E-state index is 0.0711. The molecule has 27 heavy (non-hydrogen) atoms. The molecule has 1 aliphatic rings. The molecule has 3 aromatic rings. The Balaban J connectivity index is 1.59. The number of nitrogens with zero attached hydrogens (tertiary/aromatic N) is 4. The topological polar surface area (TPSA) is 76.9 Å². The number of methoxy groups -OCH3 is 1. The Hall–Kier alpha value is -2.93. The summed E-state index contributed by atoms with van der Waals surface area (Å²) in [6, 6.07) is 7.92. The quantitative estimate of drug-likeness (QED) is 0.725. The molecule has 2 aromatic heterocycles. The molecule has 0 unspecified atom stereocenters. The Labute approximate surface area is 158 Å². The van der Waals surface area contributed by atoms with Gasteiger partial charge in [0, 0.05) is 23.9 Å². The maximum absolute atomic E-state index is 5.44. The van der Waals surface area contributed by atoms with Crippen LogP contribution in [0.2, 0.25) is 0 Å². The number of para-hydroxylation sites is 2. The van der Waals surface area contributed by atoms with Crippen LogP contribution in [0, 0.1) is 6.92 Å². The summed E-state index contributed by atoms with van der Waals surface area (Å²) in [6.45, 7) is 5.81. The fourth-order valence-electron chi connectivity index (χ4n) is 3.40. The minimum absolute atomic E-state index is 0.0711. The average Bonchev–Trinajstić information content (AvgIpc) is 3.18. The Morgan fingerprint density at radius 1 is 1.26 bits per heavy atom. The first kappa shape index (κ1) is 17.5. The molecular formula is C20H24N6O. The number of hydrogen-bond donors (Lipinski definition) is 2. The second kappa shape index (κ2) is 7.36. The van der Waals surface area contributed by atoms with E-state index in [2.05, 4.69) is 32.6 Å². The third kappa shape index (κ3) is 3.50. The van der Waals surface area contributed by atoms with Crippen molar-refractivity contribution in [2.24, 2.45) is 0 Å². The molecule has 0 bridgehead atoms. The van der Waals surface area contributed by atoms with Gasteiger partial charge < -0.3 is 15.4 Å². The number of hydrogen-bond acceptors (Lipinski definition) is 6. The predicted molar refractivity (Wildman–Crippen MR) is 104 cm³/mol. The number of aryl methyl sites for hydroxylation is 1. The van der Waals surface area contributed by atoms with E-state index >= 15 is 0 Å². The third-order valence-corrected chi connectivity index (χ3v) is 4.84. The van der Waals surface area contributed by atoms with E-state index in [0.717, 1.165) is 53.8 Å². The molecule has 0 saturated carbocycles. The molecule has 7 heteroatoms. The van der Waals surface area contributed by atoms with Gasteiger partial charge in [-0.25, -0.2) is 14.6 Å². The summed E-state index contributed by atoms with van der Waals surface area (Å²) in [6.07, 6.45) is 4.84. The van der Waals surface area contributed by atoms with Crippen LogP contribution < -0.4 is 15.4 Å². The van der Waals surface area contributed by atoms with Crippen LogP contribution in [0.3, 0.4) is 0 Å². The van der Waals surface area contributed by atoms with E-state index < -0.39 is 0 Å². The monoisotopic (exact) mass is 364 g/mol. The zero-order valence-corrected chi connectivity index (χ0v) is 15.9. The van der Waals surface area contributed by atoms with Gasteiger partial charge in [-0.05, 0) is 38.9 Å². The summed E-state index contributed by atoms with van der Waals surface area (Å²) >= 11 is 0. The Morgan fingerprint density at radius 3 is 2.96 bits per heavy atom.